The smallest absolute Gasteiger partial charge is 0.255 e. The van der Waals surface area contributed by atoms with Crippen molar-refractivity contribution in [2.24, 2.45) is 0 Å². The van der Waals surface area contributed by atoms with Crippen LogP contribution in [0.15, 0.2) is 47.4 Å². The minimum atomic E-state index is -0.0792. The molecule has 0 radical (unpaired) electrons. The molecule has 0 fully saturated rings. The van der Waals surface area contributed by atoms with Crippen LogP contribution in [0.3, 0.4) is 0 Å². The van der Waals surface area contributed by atoms with Gasteiger partial charge in [-0.15, -0.1) is 0 Å². The van der Waals surface area contributed by atoms with E-state index in [0.29, 0.717) is 5.56 Å². The Morgan fingerprint density at radius 3 is 2.38 bits per heavy atom. The minimum Gasteiger partial charge on any atom is -0.298 e. The van der Waals surface area contributed by atoms with E-state index >= 15 is 0 Å². The Labute approximate surface area is 93.0 Å². The lowest BCUT2D eigenvalue weighted by atomic mass is 10.2. The molecule has 0 aliphatic heterocycles. The maximum Gasteiger partial charge on any atom is 0.255 e. The van der Waals surface area contributed by atoms with Crippen molar-refractivity contribution in [1.82, 2.24) is 4.57 Å². The third kappa shape index (κ3) is 1.93. The lowest BCUT2D eigenvalue weighted by Crippen LogP contribution is -2.16. The number of pyridine rings is 1. The van der Waals surface area contributed by atoms with E-state index in [1.54, 1.807) is 41.1 Å². The monoisotopic (exact) mass is 213 g/mol. The van der Waals surface area contributed by atoms with Crippen molar-refractivity contribution < 1.29 is 4.79 Å². The normalized spacial score (nSPS) is 10.1. The van der Waals surface area contributed by atoms with Crippen molar-refractivity contribution in [3.63, 3.8) is 0 Å². The maximum absolute atomic E-state index is 11.6. The first kappa shape index (κ1) is 10.4. The standard InChI is InChI=1S/C13H11NO2/c1-10-2-7-13(16)14(8-10)12-5-3-11(9-15)4-6-12/h2-9H,1H3. The molecule has 3 heteroatoms. The van der Waals surface area contributed by atoms with Gasteiger partial charge in [0.2, 0.25) is 0 Å². The van der Waals surface area contributed by atoms with E-state index in [0.717, 1.165) is 17.5 Å². The van der Waals surface area contributed by atoms with Gasteiger partial charge in [-0.2, -0.15) is 0 Å². The molecule has 2 rings (SSSR count). The van der Waals surface area contributed by atoms with Gasteiger partial charge in [0.1, 0.15) is 6.29 Å². The van der Waals surface area contributed by atoms with Crippen molar-refractivity contribution >= 4 is 6.29 Å². The number of hydrogen-bond acceptors (Lipinski definition) is 2. The van der Waals surface area contributed by atoms with Gasteiger partial charge in [-0.05, 0) is 36.8 Å². The molecule has 0 saturated carbocycles. The molecule has 1 aromatic carbocycles. The molecular weight excluding hydrogens is 202 g/mol. The molecule has 0 bridgehead atoms. The SMILES string of the molecule is Cc1ccc(=O)n(-c2ccc(C=O)cc2)c1. The summed E-state index contributed by atoms with van der Waals surface area (Å²) in [5.74, 6) is 0. The summed E-state index contributed by atoms with van der Waals surface area (Å²) in [7, 11) is 0. The second kappa shape index (κ2) is 4.14. The highest BCUT2D eigenvalue weighted by molar-refractivity contribution is 5.75. The number of aromatic nitrogens is 1. The van der Waals surface area contributed by atoms with Gasteiger partial charge in [0.05, 0.1) is 0 Å². The molecule has 0 N–H and O–H groups in total. The predicted molar refractivity (Wildman–Crippen MR) is 62.2 cm³/mol. The van der Waals surface area contributed by atoms with Crippen LogP contribution in [-0.4, -0.2) is 10.9 Å². The molecule has 3 nitrogen and oxygen atoms in total. The molecule has 0 aliphatic carbocycles. The Balaban J connectivity index is 2.54. The Kier molecular flexibility index (Phi) is 2.68. The molecular formula is C13H11NO2. The molecule has 1 heterocycles. The Morgan fingerprint density at radius 2 is 1.75 bits per heavy atom. The topological polar surface area (TPSA) is 39.1 Å². The third-order valence-corrected chi connectivity index (χ3v) is 2.37. The van der Waals surface area contributed by atoms with Gasteiger partial charge < -0.3 is 0 Å². The van der Waals surface area contributed by atoms with Crippen molar-refractivity contribution in [2.75, 3.05) is 0 Å². The number of benzene rings is 1. The van der Waals surface area contributed by atoms with E-state index in [2.05, 4.69) is 0 Å². The van der Waals surface area contributed by atoms with Crippen molar-refractivity contribution in [1.29, 1.82) is 0 Å². The molecule has 0 saturated heterocycles. The van der Waals surface area contributed by atoms with Crippen LogP contribution in [0.4, 0.5) is 0 Å². The first-order valence-corrected chi connectivity index (χ1v) is 4.95. The second-order valence-electron chi connectivity index (χ2n) is 3.62. The van der Waals surface area contributed by atoms with Gasteiger partial charge in [0.25, 0.3) is 5.56 Å². The molecule has 80 valence electrons. The summed E-state index contributed by atoms with van der Waals surface area (Å²) in [5, 5.41) is 0. The van der Waals surface area contributed by atoms with Crippen molar-refractivity contribution in [2.45, 2.75) is 6.92 Å². The van der Waals surface area contributed by atoms with Crippen LogP contribution in [0.5, 0.6) is 0 Å². The molecule has 0 amide bonds. The number of hydrogen-bond donors (Lipinski definition) is 0. The maximum atomic E-state index is 11.6. The zero-order chi connectivity index (χ0) is 11.5. The zero-order valence-electron chi connectivity index (χ0n) is 8.88. The number of aldehydes is 1. The summed E-state index contributed by atoms with van der Waals surface area (Å²) in [6.45, 7) is 1.93. The van der Waals surface area contributed by atoms with Crippen LogP contribution >= 0.6 is 0 Å². The van der Waals surface area contributed by atoms with Gasteiger partial charge in [-0.25, -0.2) is 0 Å². The van der Waals surface area contributed by atoms with E-state index in [1.165, 1.54) is 6.07 Å². The van der Waals surface area contributed by atoms with E-state index in [-0.39, 0.29) is 5.56 Å². The summed E-state index contributed by atoms with van der Waals surface area (Å²) < 4.78 is 1.56. The largest absolute Gasteiger partial charge is 0.298 e. The number of carbonyl (C=O) groups is 1. The van der Waals surface area contributed by atoms with Crippen LogP contribution < -0.4 is 5.56 Å². The van der Waals surface area contributed by atoms with Gasteiger partial charge >= 0.3 is 0 Å². The summed E-state index contributed by atoms with van der Waals surface area (Å²) in [6, 6.07) is 10.2. The number of nitrogens with zero attached hydrogens (tertiary/aromatic N) is 1. The first-order valence-electron chi connectivity index (χ1n) is 4.95. The highest BCUT2D eigenvalue weighted by Gasteiger charge is 1.99. The van der Waals surface area contributed by atoms with E-state index in [9.17, 15) is 9.59 Å². The number of carbonyl (C=O) groups excluding carboxylic acids is 1. The molecule has 2 aromatic rings. The van der Waals surface area contributed by atoms with Gasteiger partial charge in [0, 0.05) is 23.5 Å². The van der Waals surface area contributed by atoms with Crippen molar-refractivity contribution in [3.05, 3.63) is 64.1 Å². The first-order chi connectivity index (χ1) is 7.70. The van der Waals surface area contributed by atoms with Gasteiger partial charge in [-0.1, -0.05) is 6.07 Å². The van der Waals surface area contributed by atoms with Crippen LogP contribution in [0.25, 0.3) is 5.69 Å². The summed E-state index contributed by atoms with van der Waals surface area (Å²) >= 11 is 0. The molecule has 0 atom stereocenters. The van der Waals surface area contributed by atoms with Crippen LogP contribution in [-0.2, 0) is 0 Å². The van der Waals surface area contributed by atoms with Crippen LogP contribution in [0, 0.1) is 6.92 Å². The Hall–Kier alpha value is -2.16. The zero-order valence-corrected chi connectivity index (χ0v) is 8.88. The lowest BCUT2D eigenvalue weighted by molar-refractivity contribution is 0.112. The van der Waals surface area contributed by atoms with Crippen LogP contribution in [0.1, 0.15) is 15.9 Å². The number of aryl methyl sites for hydroxylation is 1. The average Bonchev–Trinajstić information content (AvgIpc) is 2.32. The average molecular weight is 213 g/mol. The second-order valence-corrected chi connectivity index (χ2v) is 3.62. The highest BCUT2D eigenvalue weighted by atomic mass is 16.1. The Morgan fingerprint density at radius 1 is 1.06 bits per heavy atom. The quantitative estimate of drug-likeness (QED) is 0.715. The number of rotatable bonds is 2. The predicted octanol–water partition coefficient (Wildman–Crippen LogP) is 1.96. The van der Waals surface area contributed by atoms with Crippen LogP contribution in [0.2, 0.25) is 0 Å². The summed E-state index contributed by atoms with van der Waals surface area (Å²) in [6.07, 6.45) is 2.56. The molecule has 0 unspecified atom stereocenters. The van der Waals surface area contributed by atoms with E-state index in [1.807, 2.05) is 6.92 Å². The van der Waals surface area contributed by atoms with Gasteiger partial charge in [-0.3, -0.25) is 14.2 Å². The fraction of sp³-hybridized carbons (Fsp3) is 0.0769. The van der Waals surface area contributed by atoms with E-state index < -0.39 is 0 Å². The molecule has 0 aliphatic rings. The minimum absolute atomic E-state index is 0.0792. The fourth-order valence-corrected chi connectivity index (χ4v) is 1.51. The van der Waals surface area contributed by atoms with E-state index in [4.69, 9.17) is 0 Å². The highest BCUT2D eigenvalue weighted by Crippen LogP contribution is 2.07. The Bertz CT molecular complexity index is 567. The third-order valence-electron chi connectivity index (χ3n) is 2.37. The summed E-state index contributed by atoms with van der Waals surface area (Å²) in [4.78, 5) is 22.1. The fourth-order valence-electron chi connectivity index (χ4n) is 1.51. The molecule has 16 heavy (non-hydrogen) atoms. The molecule has 0 spiro atoms. The summed E-state index contributed by atoms with van der Waals surface area (Å²) in [5.41, 5.74) is 2.30. The molecule has 1 aromatic heterocycles. The lowest BCUT2D eigenvalue weighted by Gasteiger charge is -2.06. The van der Waals surface area contributed by atoms with Crippen molar-refractivity contribution in [3.8, 4) is 5.69 Å². The van der Waals surface area contributed by atoms with Gasteiger partial charge in [0.15, 0.2) is 0 Å².